The molecule has 1 saturated heterocycles. The van der Waals surface area contributed by atoms with Crippen LogP contribution in [-0.2, 0) is 12.0 Å². The van der Waals surface area contributed by atoms with Gasteiger partial charge in [-0.05, 0) is 19.9 Å². The molecule has 4 heterocycles. The summed E-state index contributed by atoms with van der Waals surface area (Å²) in [6.07, 6.45) is 3.80. The van der Waals surface area contributed by atoms with Crippen LogP contribution >= 0.6 is 11.3 Å². The van der Waals surface area contributed by atoms with Crippen LogP contribution in [0.3, 0.4) is 0 Å². The van der Waals surface area contributed by atoms with Gasteiger partial charge >= 0.3 is 0 Å². The van der Waals surface area contributed by atoms with Gasteiger partial charge in [0, 0.05) is 55.4 Å². The molecule has 0 spiro atoms. The molecule has 0 aliphatic carbocycles. The number of hydrogen-bond donors (Lipinski definition) is 0. The molecule has 0 radical (unpaired) electrons. The van der Waals surface area contributed by atoms with Crippen molar-refractivity contribution in [1.29, 1.82) is 0 Å². The molecular formula is C20H28N6S. The van der Waals surface area contributed by atoms with Crippen LogP contribution in [0.25, 0.3) is 5.52 Å². The topological polar surface area (TPSA) is 49.6 Å². The molecule has 144 valence electrons. The van der Waals surface area contributed by atoms with E-state index in [0.29, 0.717) is 0 Å². The summed E-state index contributed by atoms with van der Waals surface area (Å²) < 4.78 is 1.97. The minimum atomic E-state index is 0.0344. The Morgan fingerprint density at radius 2 is 1.85 bits per heavy atom. The van der Waals surface area contributed by atoms with E-state index in [2.05, 4.69) is 55.5 Å². The molecule has 0 N–H and O–H groups in total. The molecule has 7 heteroatoms. The third-order valence-electron chi connectivity index (χ3n) is 5.18. The van der Waals surface area contributed by atoms with Crippen LogP contribution < -0.4 is 4.90 Å². The molecule has 1 fully saturated rings. The van der Waals surface area contributed by atoms with Gasteiger partial charge < -0.3 is 4.90 Å². The molecule has 0 bridgehead atoms. The third-order valence-corrected chi connectivity index (χ3v) is 6.23. The van der Waals surface area contributed by atoms with Gasteiger partial charge in [-0.1, -0.05) is 20.8 Å². The Kier molecular flexibility index (Phi) is 4.68. The van der Waals surface area contributed by atoms with E-state index >= 15 is 0 Å². The van der Waals surface area contributed by atoms with Crippen LogP contribution in [-0.4, -0.2) is 50.7 Å². The predicted octanol–water partition coefficient (Wildman–Crippen LogP) is 3.42. The van der Waals surface area contributed by atoms with Crippen LogP contribution in [0.2, 0.25) is 0 Å². The summed E-state index contributed by atoms with van der Waals surface area (Å²) >= 11 is 1.82. The second kappa shape index (κ2) is 6.87. The first-order valence-electron chi connectivity index (χ1n) is 9.56. The van der Waals surface area contributed by atoms with Gasteiger partial charge in [0.15, 0.2) is 5.82 Å². The first-order valence-corrected chi connectivity index (χ1v) is 10.4. The molecular weight excluding hydrogens is 356 g/mol. The Balaban J connectivity index is 1.49. The first-order chi connectivity index (χ1) is 12.8. The largest absolute Gasteiger partial charge is 0.352 e. The Bertz CT molecular complexity index is 943. The second-order valence-electron chi connectivity index (χ2n) is 8.36. The van der Waals surface area contributed by atoms with Gasteiger partial charge in [-0.2, -0.15) is 5.10 Å². The fourth-order valence-corrected chi connectivity index (χ4v) is 4.54. The maximum absolute atomic E-state index is 4.76. The fourth-order valence-electron chi connectivity index (χ4n) is 3.56. The van der Waals surface area contributed by atoms with Crippen LogP contribution in [0.1, 0.15) is 42.0 Å². The third kappa shape index (κ3) is 3.71. The van der Waals surface area contributed by atoms with Crippen LogP contribution in [0.5, 0.6) is 0 Å². The van der Waals surface area contributed by atoms with Crippen molar-refractivity contribution >= 4 is 22.7 Å². The maximum Gasteiger partial charge on any atom is 0.154 e. The van der Waals surface area contributed by atoms with E-state index in [-0.39, 0.29) is 5.41 Å². The summed E-state index contributed by atoms with van der Waals surface area (Å²) in [5.41, 5.74) is 3.42. The number of rotatable bonds is 3. The Morgan fingerprint density at radius 1 is 1.11 bits per heavy atom. The molecule has 0 unspecified atom stereocenters. The number of anilines is 1. The molecule has 6 nitrogen and oxygen atoms in total. The van der Waals surface area contributed by atoms with Crippen molar-refractivity contribution in [2.75, 3.05) is 31.1 Å². The van der Waals surface area contributed by atoms with Gasteiger partial charge in [0.25, 0.3) is 0 Å². The Hall–Kier alpha value is -1.99. The molecule has 0 atom stereocenters. The van der Waals surface area contributed by atoms with Crippen LogP contribution in [0.4, 0.5) is 5.82 Å². The summed E-state index contributed by atoms with van der Waals surface area (Å²) in [5, 5.41) is 5.92. The lowest BCUT2D eigenvalue weighted by Crippen LogP contribution is -2.46. The smallest absolute Gasteiger partial charge is 0.154 e. The number of fused-ring (bicyclic) bond motifs is 1. The lowest BCUT2D eigenvalue weighted by atomic mass is 9.92. The molecule has 0 amide bonds. The van der Waals surface area contributed by atoms with E-state index in [0.717, 1.165) is 54.8 Å². The predicted molar refractivity (Wildman–Crippen MR) is 111 cm³/mol. The van der Waals surface area contributed by atoms with Crippen molar-refractivity contribution in [1.82, 2.24) is 24.5 Å². The van der Waals surface area contributed by atoms with E-state index in [9.17, 15) is 0 Å². The quantitative estimate of drug-likeness (QED) is 0.692. The van der Waals surface area contributed by atoms with Crippen molar-refractivity contribution in [2.45, 2.75) is 46.6 Å². The standard InChI is InChI=1S/C20H28N6S/c1-14-17(27-15(2)22-14)13-24-8-10-25(11-9-24)19-16-12-18(20(3,4)5)23-26(16)7-6-21-19/h6-7,12H,8-11,13H2,1-5H3. The molecule has 1 aliphatic rings. The van der Waals surface area contributed by atoms with E-state index in [1.165, 1.54) is 10.6 Å². The Morgan fingerprint density at radius 3 is 2.48 bits per heavy atom. The van der Waals surface area contributed by atoms with E-state index in [1.54, 1.807) is 0 Å². The highest BCUT2D eigenvalue weighted by molar-refractivity contribution is 7.11. The lowest BCUT2D eigenvalue weighted by Gasteiger charge is -2.35. The summed E-state index contributed by atoms with van der Waals surface area (Å²) in [6.45, 7) is 15.9. The minimum absolute atomic E-state index is 0.0344. The minimum Gasteiger partial charge on any atom is -0.352 e. The number of aromatic nitrogens is 4. The molecule has 4 rings (SSSR count). The van der Waals surface area contributed by atoms with Gasteiger partial charge in [0.1, 0.15) is 5.52 Å². The van der Waals surface area contributed by atoms with Gasteiger partial charge in [-0.25, -0.2) is 14.5 Å². The number of thiazole rings is 1. The molecule has 3 aromatic heterocycles. The van der Waals surface area contributed by atoms with Crippen LogP contribution in [0.15, 0.2) is 18.5 Å². The number of piperazine rings is 1. The molecule has 3 aromatic rings. The van der Waals surface area contributed by atoms with E-state index < -0.39 is 0 Å². The molecule has 0 saturated carbocycles. The summed E-state index contributed by atoms with van der Waals surface area (Å²) in [4.78, 5) is 15.6. The SMILES string of the molecule is Cc1nc(C)c(CN2CCN(c3nccn4nc(C(C)(C)C)cc34)CC2)s1. The normalized spacial score (nSPS) is 16.4. The zero-order chi connectivity index (χ0) is 19.2. The number of hydrogen-bond acceptors (Lipinski definition) is 6. The van der Waals surface area contributed by atoms with Gasteiger partial charge in [-0.3, -0.25) is 4.90 Å². The number of aryl methyl sites for hydroxylation is 2. The lowest BCUT2D eigenvalue weighted by molar-refractivity contribution is 0.251. The van der Waals surface area contributed by atoms with Gasteiger partial charge in [-0.15, -0.1) is 11.3 Å². The van der Waals surface area contributed by atoms with Gasteiger partial charge in [0.2, 0.25) is 0 Å². The maximum atomic E-state index is 4.76. The molecule has 0 aromatic carbocycles. The van der Waals surface area contributed by atoms with Crippen molar-refractivity contribution < 1.29 is 0 Å². The zero-order valence-corrected chi connectivity index (χ0v) is 17.7. The first kappa shape index (κ1) is 18.4. The average molecular weight is 385 g/mol. The Labute approximate surface area is 164 Å². The highest BCUT2D eigenvalue weighted by Gasteiger charge is 2.24. The average Bonchev–Trinajstić information content (AvgIpc) is 3.18. The van der Waals surface area contributed by atoms with Crippen molar-refractivity contribution in [3.8, 4) is 0 Å². The van der Waals surface area contributed by atoms with E-state index in [4.69, 9.17) is 10.1 Å². The molecule has 27 heavy (non-hydrogen) atoms. The summed E-state index contributed by atoms with van der Waals surface area (Å²) in [5.74, 6) is 1.05. The van der Waals surface area contributed by atoms with Gasteiger partial charge in [0.05, 0.1) is 16.4 Å². The zero-order valence-electron chi connectivity index (χ0n) is 16.9. The monoisotopic (exact) mass is 384 g/mol. The fraction of sp³-hybridized carbons (Fsp3) is 0.550. The van der Waals surface area contributed by atoms with Crippen molar-refractivity contribution in [3.63, 3.8) is 0 Å². The van der Waals surface area contributed by atoms with Crippen LogP contribution in [0, 0.1) is 13.8 Å². The summed E-state index contributed by atoms with van der Waals surface area (Å²) in [7, 11) is 0. The highest BCUT2D eigenvalue weighted by atomic mass is 32.1. The molecule has 1 aliphatic heterocycles. The van der Waals surface area contributed by atoms with E-state index in [1.807, 2.05) is 28.2 Å². The number of nitrogens with zero attached hydrogens (tertiary/aromatic N) is 6. The second-order valence-corrected chi connectivity index (χ2v) is 9.65. The summed E-state index contributed by atoms with van der Waals surface area (Å²) in [6, 6.07) is 2.19. The highest BCUT2D eigenvalue weighted by Crippen LogP contribution is 2.27. The van der Waals surface area contributed by atoms with Crippen molar-refractivity contribution in [3.05, 3.63) is 39.7 Å². The van der Waals surface area contributed by atoms with Crippen molar-refractivity contribution in [2.24, 2.45) is 0 Å².